The number of nitrogen functional groups attached to an aromatic ring is 1. The number of ether oxygens (including phenoxy) is 1. The van der Waals surface area contributed by atoms with Gasteiger partial charge in [0.15, 0.2) is 0 Å². The summed E-state index contributed by atoms with van der Waals surface area (Å²) in [7, 11) is 1.37. The number of nitrogens with two attached hydrogens (primary N) is 1. The lowest BCUT2D eigenvalue weighted by Gasteiger charge is -2.23. The molecule has 0 radical (unpaired) electrons. The molecule has 2 aliphatic rings. The van der Waals surface area contributed by atoms with E-state index in [9.17, 15) is 4.79 Å². The number of rotatable bonds is 4. The minimum Gasteiger partial charge on any atom is -0.465 e. The van der Waals surface area contributed by atoms with E-state index in [2.05, 4.69) is 5.32 Å². The Balaban J connectivity index is 1.67. The molecule has 108 valence electrons. The van der Waals surface area contributed by atoms with Gasteiger partial charge in [0.25, 0.3) is 0 Å². The van der Waals surface area contributed by atoms with Crippen LogP contribution in [0.1, 0.15) is 36.0 Å². The van der Waals surface area contributed by atoms with Crippen LogP contribution in [-0.2, 0) is 4.74 Å². The lowest BCUT2D eigenvalue weighted by Crippen LogP contribution is -2.21. The highest BCUT2D eigenvalue weighted by atomic mass is 16.5. The molecule has 3 rings (SSSR count). The number of benzene rings is 1. The van der Waals surface area contributed by atoms with Crippen molar-refractivity contribution in [2.24, 2.45) is 17.8 Å². The van der Waals surface area contributed by atoms with Gasteiger partial charge in [-0.2, -0.15) is 0 Å². The Labute approximate surface area is 119 Å². The standard InChI is InChI=1S/C16H22N2O2/c1-20-16(19)13-3-2-4-14(15(13)17)18-9-12-8-10-5-6-11(12)7-10/h2-4,10-12,18H,5-9,17H2,1H3. The first-order chi connectivity index (χ1) is 9.69. The van der Waals surface area contributed by atoms with Gasteiger partial charge in [-0.3, -0.25) is 0 Å². The largest absolute Gasteiger partial charge is 0.465 e. The van der Waals surface area contributed by atoms with E-state index in [4.69, 9.17) is 10.5 Å². The third-order valence-corrected chi connectivity index (χ3v) is 4.95. The highest BCUT2D eigenvalue weighted by molar-refractivity contribution is 5.98. The minimum absolute atomic E-state index is 0.383. The Morgan fingerprint density at radius 3 is 2.90 bits per heavy atom. The van der Waals surface area contributed by atoms with Gasteiger partial charge in [0.05, 0.1) is 24.0 Å². The molecule has 3 atom stereocenters. The molecule has 3 unspecified atom stereocenters. The Hall–Kier alpha value is -1.71. The molecule has 2 saturated carbocycles. The van der Waals surface area contributed by atoms with Gasteiger partial charge in [-0.1, -0.05) is 12.5 Å². The van der Waals surface area contributed by atoms with Crippen molar-refractivity contribution in [2.75, 3.05) is 24.7 Å². The molecule has 2 aliphatic carbocycles. The van der Waals surface area contributed by atoms with Gasteiger partial charge in [-0.25, -0.2) is 4.79 Å². The molecule has 0 aliphatic heterocycles. The molecule has 0 heterocycles. The monoisotopic (exact) mass is 274 g/mol. The van der Waals surface area contributed by atoms with Crippen LogP contribution in [-0.4, -0.2) is 19.6 Å². The summed E-state index contributed by atoms with van der Waals surface area (Å²) in [5.41, 5.74) is 7.82. The molecule has 0 spiro atoms. The van der Waals surface area contributed by atoms with Crippen molar-refractivity contribution in [1.29, 1.82) is 0 Å². The molecule has 3 N–H and O–H groups in total. The van der Waals surface area contributed by atoms with Crippen LogP contribution in [0, 0.1) is 17.8 Å². The number of carbonyl (C=O) groups is 1. The number of nitrogens with one attached hydrogen (secondary N) is 1. The van der Waals surface area contributed by atoms with Crippen molar-refractivity contribution >= 4 is 17.3 Å². The molecule has 0 amide bonds. The number of hydrogen-bond donors (Lipinski definition) is 2. The summed E-state index contributed by atoms with van der Waals surface area (Å²) in [6.07, 6.45) is 5.55. The average molecular weight is 274 g/mol. The maximum absolute atomic E-state index is 11.6. The van der Waals surface area contributed by atoms with Crippen LogP contribution in [0.4, 0.5) is 11.4 Å². The molecule has 2 bridgehead atoms. The Morgan fingerprint density at radius 2 is 2.25 bits per heavy atom. The zero-order valence-corrected chi connectivity index (χ0v) is 11.9. The summed E-state index contributed by atoms with van der Waals surface area (Å²) in [4.78, 5) is 11.6. The number of para-hydroxylation sites is 1. The van der Waals surface area contributed by atoms with Crippen molar-refractivity contribution in [2.45, 2.75) is 25.7 Å². The van der Waals surface area contributed by atoms with Crippen LogP contribution in [0.2, 0.25) is 0 Å². The van der Waals surface area contributed by atoms with Crippen molar-refractivity contribution in [3.05, 3.63) is 23.8 Å². The molecule has 1 aromatic carbocycles. The van der Waals surface area contributed by atoms with E-state index in [1.165, 1.54) is 32.8 Å². The molecule has 4 nitrogen and oxygen atoms in total. The highest BCUT2D eigenvalue weighted by Gasteiger charge is 2.39. The molecule has 2 fully saturated rings. The van der Waals surface area contributed by atoms with Gasteiger partial charge < -0.3 is 15.8 Å². The fourth-order valence-electron chi connectivity index (χ4n) is 3.87. The minimum atomic E-state index is -0.383. The number of hydrogen-bond acceptors (Lipinski definition) is 4. The maximum atomic E-state index is 11.6. The van der Waals surface area contributed by atoms with Gasteiger partial charge in [0, 0.05) is 6.54 Å². The third kappa shape index (κ3) is 2.35. The van der Waals surface area contributed by atoms with Crippen molar-refractivity contribution in [1.82, 2.24) is 0 Å². The quantitative estimate of drug-likeness (QED) is 0.654. The second kappa shape index (κ2) is 5.35. The van der Waals surface area contributed by atoms with Gasteiger partial charge in [-0.15, -0.1) is 0 Å². The maximum Gasteiger partial charge on any atom is 0.340 e. The Morgan fingerprint density at radius 1 is 1.40 bits per heavy atom. The molecular weight excluding hydrogens is 252 g/mol. The molecule has 4 heteroatoms. The number of methoxy groups -OCH3 is 1. The number of fused-ring (bicyclic) bond motifs is 2. The van der Waals surface area contributed by atoms with Gasteiger partial charge in [0.1, 0.15) is 0 Å². The summed E-state index contributed by atoms with van der Waals surface area (Å²) in [5, 5.41) is 3.43. The summed E-state index contributed by atoms with van der Waals surface area (Å²) in [6, 6.07) is 5.46. The van der Waals surface area contributed by atoms with E-state index >= 15 is 0 Å². The topological polar surface area (TPSA) is 64.3 Å². The van der Waals surface area contributed by atoms with E-state index in [-0.39, 0.29) is 5.97 Å². The molecule has 1 aromatic rings. The lowest BCUT2D eigenvalue weighted by atomic mass is 9.89. The Bertz CT molecular complexity index is 515. The first kappa shape index (κ1) is 13.3. The normalized spacial score (nSPS) is 27.6. The van der Waals surface area contributed by atoms with Crippen molar-refractivity contribution < 1.29 is 9.53 Å². The van der Waals surface area contributed by atoms with Crippen LogP contribution in [0.3, 0.4) is 0 Å². The highest BCUT2D eigenvalue weighted by Crippen LogP contribution is 2.48. The number of carbonyl (C=O) groups excluding carboxylic acids is 1. The second-order valence-corrected chi connectivity index (χ2v) is 6.07. The number of anilines is 2. The summed E-state index contributed by atoms with van der Waals surface area (Å²) in [5.74, 6) is 2.21. The predicted octanol–water partition coefficient (Wildman–Crippen LogP) is 2.90. The zero-order chi connectivity index (χ0) is 14.1. The molecular formula is C16H22N2O2. The van der Waals surface area contributed by atoms with Gasteiger partial charge in [-0.05, 0) is 49.1 Å². The average Bonchev–Trinajstić information content (AvgIpc) is 3.08. The van der Waals surface area contributed by atoms with E-state index in [1.807, 2.05) is 12.1 Å². The Kier molecular flexibility index (Phi) is 3.55. The summed E-state index contributed by atoms with van der Waals surface area (Å²) >= 11 is 0. The van der Waals surface area contributed by atoms with Gasteiger partial charge >= 0.3 is 5.97 Å². The fraction of sp³-hybridized carbons (Fsp3) is 0.562. The molecule has 0 saturated heterocycles. The van der Waals surface area contributed by atoms with E-state index in [0.29, 0.717) is 11.3 Å². The summed E-state index contributed by atoms with van der Waals surface area (Å²) in [6.45, 7) is 0.954. The predicted molar refractivity (Wildman–Crippen MR) is 79.6 cm³/mol. The van der Waals surface area contributed by atoms with Crippen LogP contribution in [0.5, 0.6) is 0 Å². The summed E-state index contributed by atoms with van der Waals surface area (Å²) < 4.78 is 4.74. The van der Waals surface area contributed by atoms with Crippen LogP contribution >= 0.6 is 0 Å². The second-order valence-electron chi connectivity index (χ2n) is 6.07. The van der Waals surface area contributed by atoms with Crippen LogP contribution in [0.25, 0.3) is 0 Å². The number of esters is 1. The van der Waals surface area contributed by atoms with Crippen molar-refractivity contribution in [3.63, 3.8) is 0 Å². The smallest absolute Gasteiger partial charge is 0.340 e. The van der Waals surface area contributed by atoms with Crippen LogP contribution in [0.15, 0.2) is 18.2 Å². The first-order valence-electron chi connectivity index (χ1n) is 7.39. The van der Waals surface area contributed by atoms with E-state index in [1.54, 1.807) is 6.07 Å². The van der Waals surface area contributed by atoms with E-state index < -0.39 is 0 Å². The van der Waals surface area contributed by atoms with Gasteiger partial charge in [0.2, 0.25) is 0 Å². The molecule has 0 aromatic heterocycles. The van der Waals surface area contributed by atoms with Crippen LogP contribution < -0.4 is 11.1 Å². The SMILES string of the molecule is COC(=O)c1cccc(NCC2CC3CCC2C3)c1N. The fourth-order valence-corrected chi connectivity index (χ4v) is 3.87. The first-order valence-corrected chi connectivity index (χ1v) is 7.39. The third-order valence-electron chi connectivity index (χ3n) is 4.95. The van der Waals surface area contributed by atoms with Crippen molar-refractivity contribution in [3.8, 4) is 0 Å². The molecule has 20 heavy (non-hydrogen) atoms. The lowest BCUT2D eigenvalue weighted by molar-refractivity contribution is 0.0602. The zero-order valence-electron chi connectivity index (χ0n) is 11.9. The van der Waals surface area contributed by atoms with E-state index in [0.717, 1.165) is 30.0 Å².